The van der Waals surface area contributed by atoms with Crippen molar-refractivity contribution in [2.24, 2.45) is 5.10 Å². The molecular formula is C22H18N4O2. The second-order valence-corrected chi connectivity index (χ2v) is 6.32. The number of hydrogen-bond donors (Lipinski definition) is 1. The van der Waals surface area contributed by atoms with E-state index >= 15 is 0 Å². The molecule has 0 aliphatic carbocycles. The minimum Gasteiger partial charge on any atom is -0.455 e. The van der Waals surface area contributed by atoms with Gasteiger partial charge < -0.3 is 8.98 Å². The molecule has 6 nitrogen and oxygen atoms in total. The Morgan fingerprint density at radius 1 is 1.18 bits per heavy atom. The van der Waals surface area contributed by atoms with Crippen LogP contribution in [0.4, 0.5) is 0 Å². The highest BCUT2D eigenvalue weighted by Crippen LogP contribution is 2.33. The molecule has 0 radical (unpaired) electrons. The summed E-state index contributed by atoms with van der Waals surface area (Å²) in [4.78, 5) is 11.2. The van der Waals surface area contributed by atoms with Crippen molar-refractivity contribution in [1.29, 1.82) is 5.26 Å². The molecule has 0 fully saturated rings. The summed E-state index contributed by atoms with van der Waals surface area (Å²) in [7, 11) is 0. The van der Waals surface area contributed by atoms with E-state index in [9.17, 15) is 4.79 Å². The van der Waals surface area contributed by atoms with Crippen LogP contribution in [0.1, 0.15) is 19.1 Å². The van der Waals surface area contributed by atoms with E-state index in [1.54, 1.807) is 12.1 Å². The second kappa shape index (κ2) is 7.41. The van der Waals surface area contributed by atoms with E-state index in [-0.39, 0.29) is 6.42 Å². The molecule has 0 saturated carbocycles. The molecule has 2 aromatic carbocycles. The van der Waals surface area contributed by atoms with Crippen molar-refractivity contribution in [2.45, 2.75) is 19.9 Å². The fraction of sp³-hybridized carbons (Fsp3) is 0.136. The molecule has 2 heterocycles. The highest BCUT2D eigenvalue weighted by molar-refractivity contribution is 6.09. The first-order valence-electron chi connectivity index (χ1n) is 9.01. The monoisotopic (exact) mass is 370 g/mol. The number of nitriles is 1. The molecule has 0 saturated heterocycles. The third-order valence-corrected chi connectivity index (χ3v) is 4.62. The first kappa shape index (κ1) is 17.6. The Labute approximate surface area is 161 Å². The predicted octanol–water partition coefficient (Wildman–Crippen LogP) is 4.44. The lowest BCUT2D eigenvalue weighted by atomic mass is 10.1. The van der Waals surface area contributed by atoms with Gasteiger partial charge in [0.25, 0.3) is 5.91 Å². The predicted molar refractivity (Wildman–Crippen MR) is 109 cm³/mol. The van der Waals surface area contributed by atoms with Crippen LogP contribution >= 0.6 is 0 Å². The van der Waals surface area contributed by atoms with E-state index in [0.717, 1.165) is 17.9 Å². The van der Waals surface area contributed by atoms with Gasteiger partial charge in [-0.3, -0.25) is 4.79 Å². The normalized spacial score (nSPS) is 11.3. The summed E-state index contributed by atoms with van der Waals surface area (Å²) in [5, 5.41) is 14.7. The van der Waals surface area contributed by atoms with E-state index in [0.29, 0.717) is 5.76 Å². The zero-order chi connectivity index (χ0) is 19.5. The molecule has 0 aliphatic rings. The van der Waals surface area contributed by atoms with Crippen LogP contribution in [0.15, 0.2) is 64.1 Å². The van der Waals surface area contributed by atoms with Gasteiger partial charge >= 0.3 is 0 Å². The molecular weight excluding hydrogens is 352 g/mol. The average Bonchev–Trinajstić information content (AvgIpc) is 3.30. The third kappa shape index (κ3) is 3.14. The quantitative estimate of drug-likeness (QED) is 0.416. The zero-order valence-corrected chi connectivity index (χ0v) is 15.3. The largest absolute Gasteiger partial charge is 0.455 e. The van der Waals surface area contributed by atoms with E-state index in [2.05, 4.69) is 58.4 Å². The summed E-state index contributed by atoms with van der Waals surface area (Å²) < 4.78 is 8.14. The van der Waals surface area contributed by atoms with Gasteiger partial charge in [0.05, 0.1) is 12.3 Å². The number of hydrazone groups is 1. The highest BCUT2D eigenvalue weighted by Gasteiger charge is 2.11. The number of nitrogens with zero attached hydrogens (tertiary/aromatic N) is 3. The SMILES string of the molecule is CCn1c2ccccc2c2cc(-c3ccc(/C=N/NC(=O)CC#N)o3)ccc21. The highest BCUT2D eigenvalue weighted by atomic mass is 16.3. The minimum atomic E-state index is -0.455. The van der Waals surface area contributed by atoms with E-state index in [4.69, 9.17) is 9.68 Å². The number of carbonyl (C=O) groups excluding carboxylic acids is 1. The Morgan fingerprint density at radius 3 is 2.82 bits per heavy atom. The maximum atomic E-state index is 11.2. The number of fused-ring (bicyclic) bond motifs is 3. The number of rotatable bonds is 5. The van der Waals surface area contributed by atoms with Crippen molar-refractivity contribution >= 4 is 33.9 Å². The second-order valence-electron chi connectivity index (χ2n) is 6.32. The summed E-state index contributed by atoms with van der Waals surface area (Å²) in [6, 6.07) is 20.1. The lowest BCUT2D eigenvalue weighted by molar-refractivity contribution is -0.120. The fourth-order valence-corrected chi connectivity index (χ4v) is 3.40. The van der Waals surface area contributed by atoms with Gasteiger partial charge in [0.1, 0.15) is 17.9 Å². The van der Waals surface area contributed by atoms with Crippen LogP contribution in [-0.4, -0.2) is 16.7 Å². The Kier molecular flexibility index (Phi) is 4.65. The van der Waals surface area contributed by atoms with E-state index in [1.807, 2.05) is 12.1 Å². The van der Waals surface area contributed by atoms with Crippen molar-refractivity contribution in [1.82, 2.24) is 9.99 Å². The van der Waals surface area contributed by atoms with Gasteiger partial charge in [0, 0.05) is 33.9 Å². The molecule has 1 amide bonds. The summed E-state index contributed by atoms with van der Waals surface area (Å²) in [5.41, 5.74) is 5.67. The van der Waals surface area contributed by atoms with Crippen LogP contribution in [-0.2, 0) is 11.3 Å². The summed E-state index contributed by atoms with van der Waals surface area (Å²) in [6.45, 7) is 3.05. The van der Waals surface area contributed by atoms with Gasteiger partial charge in [-0.2, -0.15) is 10.4 Å². The lowest BCUT2D eigenvalue weighted by Crippen LogP contribution is -2.15. The summed E-state index contributed by atoms with van der Waals surface area (Å²) in [6.07, 6.45) is 1.19. The first-order valence-corrected chi connectivity index (χ1v) is 9.01. The summed E-state index contributed by atoms with van der Waals surface area (Å²) >= 11 is 0. The van der Waals surface area contributed by atoms with Crippen LogP contribution in [0.2, 0.25) is 0 Å². The van der Waals surface area contributed by atoms with Crippen molar-refractivity contribution in [3.63, 3.8) is 0 Å². The molecule has 1 N–H and O–H groups in total. The first-order chi connectivity index (χ1) is 13.7. The minimum absolute atomic E-state index is 0.230. The maximum absolute atomic E-state index is 11.2. The molecule has 28 heavy (non-hydrogen) atoms. The Bertz CT molecular complexity index is 1240. The molecule has 4 aromatic rings. The Morgan fingerprint density at radius 2 is 2.00 bits per heavy atom. The van der Waals surface area contributed by atoms with E-state index < -0.39 is 5.91 Å². The smallest absolute Gasteiger partial charge is 0.254 e. The molecule has 0 unspecified atom stereocenters. The van der Waals surface area contributed by atoms with Crippen molar-refractivity contribution in [3.8, 4) is 17.4 Å². The van der Waals surface area contributed by atoms with Crippen molar-refractivity contribution < 1.29 is 9.21 Å². The number of aromatic nitrogens is 1. The van der Waals surface area contributed by atoms with Gasteiger partial charge in [-0.1, -0.05) is 18.2 Å². The Hall–Kier alpha value is -3.85. The number of nitrogens with one attached hydrogen (secondary N) is 1. The number of benzene rings is 2. The molecule has 0 spiro atoms. The number of para-hydroxylation sites is 1. The van der Waals surface area contributed by atoms with Gasteiger partial charge in [-0.05, 0) is 43.3 Å². The third-order valence-electron chi connectivity index (χ3n) is 4.62. The van der Waals surface area contributed by atoms with Crippen LogP contribution in [0.3, 0.4) is 0 Å². The van der Waals surface area contributed by atoms with Crippen LogP contribution < -0.4 is 5.43 Å². The number of amides is 1. The number of aryl methyl sites for hydroxylation is 1. The standard InChI is InChI=1S/C22H18N4O2/c1-2-26-19-6-4-3-5-17(19)18-13-15(7-9-20(18)26)21-10-8-16(28-21)14-24-25-22(27)11-12-23/h3-10,13-14H,2,11H2,1H3,(H,25,27)/b24-14+. The zero-order valence-electron chi connectivity index (χ0n) is 15.3. The van der Waals surface area contributed by atoms with Crippen molar-refractivity contribution in [3.05, 3.63) is 60.4 Å². The maximum Gasteiger partial charge on any atom is 0.254 e. The van der Waals surface area contributed by atoms with E-state index in [1.165, 1.54) is 28.0 Å². The van der Waals surface area contributed by atoms with Gasteiger partial charge in [-0.25, -0.2) is 5.43 Å². The number of furan rings is 1. The average molecular weight is 370 g/mol. The number of hydrogen-bond acceptors (Lipinski definition) is 4. The fourth-order valence-electron chi connectivity index (χ4n) is 3.40. The molecule has 138 valence electrons. The lowest BCUT2D eigenvalue weighted by Gasteiger charge is -2.03. The number of carbonyl (C=O) groups is 1. The molecule has 0 bridgehead atoms. The van der Waals surface area contributed by atoms with Crippen LogP contribution in [0, 0.1) is 11.3 Å². The molecule has 0 atom stereocenters. The van der Waals surface area contributed by atoms with Crippen LogP contribution in [0.5, 0.6) is 0 Å². The van der Waals surface area contributed by atoms with Crippen molar-refractivity contribution in [2.75, 3.05) is 0 Å². The molecule has 6 heteroatoms. The Balaban J connectivity index is 1.66. The molecule has 2 aromatic heterocycles. The van der Waals surface area contributed by atoms with Gasteiger partial charge in [-0.15, -0.1) is 0 Å². The van der Waals surface area contributed by atoms with Gasteiger partial charge in [0.2, 0.25) is 0 Å². The van der Waals surface area contributed by atoms with Crippen LogP contribution in [0.25, 0.3) is 33.1 Å². The molecule has 0 aliphatic heterocycles. The topological polar surface area (TPSA) is 83.3 Å². The summed E-state index contributed by atoms with van der Waals surface area (Å²) in [5.74, 6) is 0.784. The van der Waals surface area contributed by atoms with Gasteiger partial charge in [0.15, 0.2) is 0 Å². The molecule has 4 rings (SSSR count).